The van der Waals surface area contributed by atoms with Crippen molar-refractivity contribution in [3.8, 4) is 0 Å². The number of nitrogen functional groups attached to an aromatic ring is 1. The van der Waals surface area contributed by atoms with Crippen LogP contribution >= 0.6 is 7.82 Å². The summed E-state index contributed by atoms with van der Waals surface area (Å²) < 4.78 is 10.2. The smallest absolute Gasteiger partial charge is 0.303 e. The second-order valence-corrected chi connectivity index (χ2v) is 4.98. The summed E-state index contributed by atoms with van der Waals surface area (Å²) in [5.74, 6) is 0. The third kappa shape index (κ3) is 12.5. The molecule has 0 saturated carbocycles. The van der Waals surface area contributed by atoms with Crippen molar-refractivity contribution in [2.45, 2.75) is 0 Å². The Bertz CT molecular complexity index is 288. The second kappa shape index (κ2) is 6.08. The summed E-state index contributed by atoms with van der Waals surface area (Å²) in [5.41, 5.74) is 6.35. The summed E-state index contributed by atoms with van der Waals surface area (Å²) in [6.07, 6.45) is 0. The first-order valence-electron chi connectivity index (χ1n) is 3.14. The number of rotatable bonds is 0. The van der Waals surface area contributed by atoms with Crippen molar-refractivity contribution in [3.05, 3.63) is 24.3 Å². The summed E-state index contributed by atoms with van der Waals surface area (Å²) >= 11 is 1.09. The molecule has 0 aliphatic heterocycles. The van der Waals surface area contributed by atoms with Crippen LogP contribution in [-0.2, 0) is 4.57 Å². The van der Waals surface area contributed by atoms with Gasteiger partial charge in [-0.2, -0.15) is 0 Å². The minimum Gasteiger partial charge on any atom is -0.303 e. The summed E-state index contributed by atoms with van der Waals surface area (Å²) in [5, 5.41) is 0. The molecule has 0 atom stereocenters. The van der Waals surface area contributed by atoms with E-state index < -0.39 is 7.82 Å². The number of anilines is 1. The van der Waals surface area contributed by atoms with Gasteiger partial charge >= 0.3 is 84.2 Å². The molecular weight excluding hydrogens is 321 g/mol. The van der Waals surface area contributed by atoms with Crippen LogP contribution in [0.15, 0.2) is 24.3 Å². The van der Waals surface area contributed by atoms with E-state index in [1.165, 1.54) is 1.08 Å². The van der Waals surface area contributed by atoms with Gasteiger partial charge in [-0.15, -0.1) is 0 Å². The van der Waals surface area contributed by atoms with Crippen LogP contribution < -0.4 is 6.81 Å². The summed E-state index contributed by atoms with van der Waals surface area (Å²) in [6, 6.07) is 7.98. The molecule has 0 aliphatic carbocycles. The van der Waals surface area contributed by atoms with E-state index in [9.17, 15) is 0 Å². The molecule has 1 aromatic rings. The first-order valence-corrected chi connectivity index (χ1v) is 6.28. The Morgan fingerprint density at radius 2 is 1.77 bits per heavy atom. The average molecular weight is 330 g/mol. The molecule has 13 heavy (non-hydrogen) atoms. The Labute approximate surface area is 103 Å². The van der Waals surface area contributed by atoms with Gasteiger partial charge < -0.3 is 14.7 Å². The molecule has 0 fully saturated rings. The molecule has 0 radical (unpaired) electrons. The first-order chi connectivity index (χ1) is 5.79. The van der Waals surface area contributed by atoms with Crippen molar-refractivity contribution in [3.63, 3.8) is 0 Å². The molecule has 0 bridgehead atoms. The van der Waals surface area contributed by atoms with Crippen LogP contribution in [0.3, 0.4) is 0 Å². The Kier molecular flexibility index (Phi) is 6.31. The van der Waals surface area contributed by atoms with Gasteiger partial charge in [-0.25, -0.2) is 4.57 Å². The van der Waals surface area contributed by atoms with Crippen LogP contribution in [0.1, 0.15) is 0 Å². The van der Waals surface area contributed by atoms with Crippen molar-refractivity contribution in [2.24, 2.45) is 0 Å². The van der Waals surface area contributed by atoms with Crippen LogP contribution in [0, 0.1) is 39.6 Å². The maximum absolute atomic E-state index is 8.88. The first kappa shape index (κ1) is 13.5. The summed E-state index contributed by atoms with van der Waals surface area (Å²) in [4.78, 5) is 21.6. The Hall–Kier alpha value is 0.507. The fourth-order valence-electron chi connectivity index (χ4n) is 0.539. The van der Waals surface area contributed by atoms with E-state index in [0.29, 0.717) is 0 Å². The zero-order valence-electron chi connectivity index (χ0n) is 6.58. The molecule has 0 amide bonds. The predicted molar refractivity (Wildman–Crippen MR) is 44.8 cm³/mol. The molecule has 0 unspecified atom stereocenters. The minimum absolute atomic E-state index is 0.873. The maximum Gasteiger partial charge on any atom is 0.466 e. The van der Waals surface area contributed by atoms with Crippen molar-refractivity contribution in [1.29, 1.82) is 0 Å². The van der Waals surface area contributed by atoms with Crippen LogP contribution in [0.5, 0.6) is 0 Å². The summed E-state index contributed by atoms with van der Waals surface area (Å²) in [7, 11) is -4.64. The summed E-state index contributed by atoms with van der Waals surface area (Å²) in [6.45, 7) is 0. The Morgan fingerprint density at radius 1 is 1.31 bits per heavy atom. The Morgan fingerprint density at radius 3 is 2.00 bits per heavy atom. The molecule has 0 aliphatic rings. The average Bonchev–Trinajstić information content (AvgIpc) is 1.81. The van der Waals surface area contributed by atoms with Gasteiger partial charge in [0, 0.05) is 0 Å². The molecule has 1 rings (SSSR count). The maximum atomic E-state index is 8.88. The van der Waals surface area contributed by atoms with Crippen molar-refractivity contribution in [1.82, 2.24) is 0 Å². The van der Waals surface area contributed by atoms with Gasteiger partial charge in [-0.05, 0) is 0 Å². The van der Waals surface area contributed by atoms with Crippen LogP contribution in [0.4, 0.5) is 5.69 Å². The zero-order valence-corrected chi connectivity index (χ0v) is 10.6. The standard InChI is InChI=1S/C6H6N.Ce.H3O4P/c7-6-4-2-1-3-5-6;;1-5(2,3)4/h1-2,4-5H,7H2;;(H3,1,2,3,4). The quantitative estimate of drug-likeness (QED) is 0.380. The monoisotopic (exact) mass is 330 g/mol. The van der Waals surface area contributed by atoms with Gasteiger partial charge in [-0.1, -0.05) is 0 Å². The largest absolute Gasteiger partial charge is 0.466 e. The number of phosphoric acid groups is 1. The number of hydrogen-bond donors (Lipinski definition) is 4. The molecular formula is C6H9CeNO4P. The third-order valence-electron chi connectivity index (χ3n) is 0.887. The van der Waals surface area contributed by atoms with Crippen molar-refractivity contribution < 1.29 is 58.9 Å². The van der Waals surface area contributed by atoms with Gasteiger partial charge in [-0.3, -0.25) is 0 Å². The fraction of sp³-hybridized carbons (Fsp3) is 0. The van der Waals surface area contributed by atoms with E-state index in [4.69, 9.17) is 25.0 Å². The molecule has 0 heterocycles. The SMILES string of the molecule is Nc1ccc[c]([Ce])c1.O=P(O)(O)O. The molecule has 0 saturated heterocycles. The van der Waals surface area contributed by atoms with Crippen molar-refractivity contribution >= 4 is 14.6 Å². The molecule has 1 aromatic carbocycles. The van der Waals surface area contributed by atoms with Crippen molar-refractivity contribution in [2.75, 3.05) is 5.73 Å². The fourth-order valence-corrected chi connectivity index (χ4v) is 1.36. The van der Waals surface area contributed by atoms with E-state index in [1.54, 1.807) is 0 Å². The topological polar surface area (TPSA) is 104 Å². The molecule has 71 valence electrons. The number of benzene rings is 1. The normalized spacial score (nSPS) is 10.0. The van der Waals surface area contributed by atoms with Crippen LogP contribution in [0.25, 0.3) is 0 Å². The van der Waals surface area contributed by atoms with Gasteiger partial charge in [0.05, 0.1) is 0 Å². The zero-order chi connectivity index (χ0) is 10.5. The number of hydrogen-bond acceptors (Lipinski definition) is 2. The van der Waals surface area contributed by atoms with Gasteiger partial charge in [0.25, 0.3) is 0 Å². The number of nitrogens with two attached hydrogens (primary N) is 1. The molecule has 5 nitrogen and oxygen atoms in total. The van der Waals surface area contributed by atoms with E-state index in [-0.39, 0.29) is 0 Å². The van der Waals surface area contributed by atoms with Gasteiger partial charge in [0.1, 0.15) is 0 Å². The van der Waals surface area contributed by atoms with Crippen LogP contribution in [0.2, 0.25) is 0 Å². The van der Waals surface area contributed by atoms with Crippen LogP contribution in [-0.4, -0.2) is 14.7 Å². The van der Waals surface area contributed by atoms with Gasteiger partial charge in [0.15, 0.2) is 0 Å². The minimum atomic E-state index is -4.64. The van der Waals surface area contributed by atoms with E-state index >= 15 is 0 Å². The predicted octanol–water partition coefficient (Wildman–Crippen LogP) is -0.485. The molecule has 7 heteroatoms. The second-order valence-electron chi connectivity index (χ2n) is 2.14. The Balaban J connectivity index is 0.000000252. The van der Waals surface area contributed by atoms with E-state index in [2.05, 4.69) is 6.07 Å². The third-order valence-corrected chi connectivity index (χ3v) is 1.86. The molecule has 5 N–H and O–H groups in total. The molecule has 0 spiro atoms. The van der Waals surface area contributed by atoms with Gasteiger partial charge in [0.2, 0.25) is 0 Å². The van der Waals surface area contributed by atoms with E-state index in [0.717, 1.165) is 45.3 Å². The van der Waals surface area contributed by atoms with E-state index in [1.807, 2.05) is 18.2 Å². The molecule has 0 aromatic heterocycles.